The minimum Gasteiger partial charge on any atom is -0.395 e. The molecule has 2 rings (SSSR count). The lowest BCUT2D eigenvalue weighted by atomic mass is 10.1. The zero-order chi connectivity index (χ0) is 13.1. The van der Waals surface area contributed by atoms with E-state index in [0.29, 0.717) is 6.54 Å². The highest BCUT2D eigenvalue weighted by Gasteiger charge is 2.23. The maximum absolute atomic E-state index is 12.4. The van der Waals surface area contributed by atoms with Crippen LogP contribution in [0.15, 0.2) is 5.38 Å². The number of piperazine rings is 1. The van der Waals surface area contributed by atoms with E-state index in [1.54, 1.807) is 11.3 Å². The van der Waals surface area contributed by atoms with E-state index in [1.807, 2.05) is 17.2 Å². The molecule has 0 unspecified atom stereocenters. The van der Waals surface area contributed by atoms with Gasteiger partial charge in [0.25, 0.3) is 5.91 Å². The van der Waals surface area contributed by atoms with E-state index < -0.39 is 0 Å². The second-order valence-electron chi connectivity index (χ2n) is 4.69. The standard InChI is InChI=1S/C13H20N2O2S/c1-10-11(2)18-9-12(10)13(17)15-5-3-14(4-6-15)7-8-16/h9,16H,3-8H2,1-2H3. The molecule has 2 heterocycles. The lowest BCUT2D eigenvalue weighted by molar-refractivity contribution is 0.0615. The first-order valence-corrected chi connectivity index (χ1v) is 7.18. The first kappa shape index (κ1) is 13.5. The molecule has 4 nitrogen and oxygen atoms in total. The first-order chi connectivity index (χ1) is 8.63. The summed E-state index contributed by atoms with van der Waals surface area (Å²) < 4.78 is 0. The topological polar surface area (TPSA) is 43.8 Å². The molecule has 1 saturated heterocycles. The van der Waals surface area contributed by atoms with Crippen LogP contribution in [0.25, 0.3) is 0 Å². The van der Waals surface area contributed by atoms with E-state index in [2.05, 4.69) is 11.8 Å². The molecule has 0 radical (unpaired) electrons. The van der Waals surface area contributed by atoms with Crippen molar-refractivity contribution in [3.05, 3.63) is 21.4 Å². The van der Waals surface area contributed by atoms with Crippen molar-refractivity contribution in [1.82, 2.24) is 9.80 Å². The second-order valence-corrected chi connectivity index (χ2v) is 5.77. The Bertz CT molecular complexity index is 423. The number of β-amino-alcohol motifs (C(OH)–C–C–N with tert-alkyl or cyclic N) is 1. The third-order valence-electron chi connectivity index (χ3n) is 3.59. The fraction of sp³-hybridized carbons (Fsp3) is 0.615. The molecule has 0 atom stereocenters. The molecule has 1 aliphatic heterocycles. The minimum absolute atomic E-state index is 0.153. The number of carbonyl (C=O) groups is 1. The van der Waals surface area contributed by atoms with Crippen molar-refractivity contribution in [2.75, 3.05) is 39.3 Å². The number of aliphatic hydroxyl groups is 1. The number of aliphatic hydroxyl groups excluding tert-OH is 1. The Morgan fingerprint density at radius 2 is 2.00 bits per heavy atom. The van der Waals surface area contributed by atoms with Gasteiger partial charge in [0.1, 0.15) is 0 Å². The second kappa shape index (κ2) is 5.82. The molecule has 0 bridgehead atoms. The smallest absolute Gasteiger partial charge is 0.255 e. The lowest BCUT2D eigenvalue weighted by Crippen LogP contribution is -2.49. The van der Waals surface area contributed by atoms with E-state index in [1.165, 1.54) is 4.88 Å². The number of amides is 1. The number of hydrogen-bond donors (Lipinski definition) is 1. The van der Waals surface area contributed by atoms with Crippen LogP contribution in [0.3, 0.4) is 0 Å². The summed E-state index contributed by atoms with van der Waals surface area (Å²) in [7, 11) is 0. The van der Waals surface area contributed by atoms with Crippen LogP contribution in [0.1, 0.15) is 20.8 Å². The quantitative estimate of drug-likeness (QED) is 0.893. The number of hydrogen-bond acceptors (Lipinski definition) is 4. The summed E-state index contributed by atoms with van der Waals surface area (Å²) in [6.45, 7) is 8.19. The van der Waals surface area contributed by atoms with Gasteiger partial charge in [-0.05, 0) is 19.4 Å². The van der Waals surface area contributed by atoms with E-state index in [9.17, 15) is 4.79 Å². The highest BCUT2D eigenvalue weighted by Crippen LogP contribution is 2.22. The Kier molecular flexibility index (Phi) is 4.37. The molecule has 0 saturated carbocycles. The molecule has 100 valence electrons. The molecule has 18 heavy (non-hydrogen) atoms. The Balaban J connectivity index is 1.97. The predicted octanol–water partition coefficient (Wildman–Crippen LogP) is 1.12. The zero-order valence-corrected chi connectivity index (χ0v) is 11.8. The molecule has 0 aromatic carbocycles. The number of aryl methyl sites for hydroxylation is 1. The number of nitrogens with zero attached hydrogens (tertiary/aromatic N) is 2. The molecule has 1 amide bonds. The van der Waals surface area contributed by atoms with Crippen molar-refractivity contribution in [1.29, 1.82) is 0 Å². The van der Waals surface area contributed by atoms with Crippen LogP contribution in [0, 0.1) is 13.8 Å². The van der Waals surface area contributed by atoms with Gasteiger partial charge in [-0.15, -0.1) is 11.3 Å². The van der Waals surface area contributed by atoms with E-state index >= 15 is 0 Å². The molecule has 0 spiro atoms. The summed E-state index contributed by atoms with van der Waals surface area (Å²) >= 11 is 1.64. The fourth-order valence-electron chi connectivity index (χ4n) is 2.21. The van der Waals surface area contributed by atoms with Crippen molar-refractivity contribution in [3.63, 3.8) is 0 Å². The molecule has 1 aromatic heterocycles. The number of rotatable bonds is 3. The zero-order valence-electron chi connectivity index (χ0n) is 11.0. The van der Waals surface area contributed by atoms with E-state index in [0.717, 1.165) is 37.3 Å². The molecular weight excluding hydrogens is 248 g/mol. The average molecular weight is 268 g/mol. The average Bonchev–Trinajstić information content (AvgIpc) is 2.71. The fourth-order valence-corrected chi connectivity index (χ4v) is 3.07. The van der Waals surface area contributed by atoms with Crippen LogP contribution in [-0.4, -0.2) is 60.1 Å². The molecule has 1 fully saturated rings. The SMILES string of the molecule is Cc1scc(C(=O)N2CCN(CCO)CC2)c1C. The van der Waals surface area contributed by atoms with Gasteiger partial charge in [-0.1, -0.05) is 0 Å². The van der Waals surface area contributed by atoms with Crippen LogP contribution in [0.5, 0.6) is 0 Å². The van der Waals surface area contributed by atoms with Gasteiger partial charge < -0.3 is 10.0 Å². The van der Waals surface area contributed by atoms with Crippen LogP contribution < -0.4 is 0 Å². The van der Waals surface area contributed by atoms with Crippen molar-refractivity contribution in [3.8, 4) is 0 Å². The summed E-state index contributed by atoms with van der Waals surface area (Å²) in [5.41, 5.74) is 1.97. The maximum Gasteiger partial charge on any atom is 0.255 e. The molecule has 1 aliphatic rings. The summed E-state index contributed by atoms with van der Waals surface area (Å²) in [5, 5.41) is 10.9. The Hall–Kier alpha value is -0.910. The lowest BCUT2D eigenvalue weighted by Gasteiger charge is -2.34. The minimum atomic E-state index is 0.153. The number of carbonyl (C=O) groups excluding carboxylic acids is 1. The monoisotopic (exact) mass is 268 g/mol. The maximum atomic E-state index is 12.4. The van der Waals surface area contributed by atoms with Crippen molar-refractivity contribution >= 4 is 17.2 Å². The van der Waals surface area contributed by atoms with Crippen LogP contribution in [0.2, 0.25) is 0 Å². The van der Waals surface area contributed by atoms with Crippen LogP contribution in [-0.2, 0) is 0 Å². The van der Waals surface area contributed by atoms with Gasteiger partial charge in [-0.3, -0.25) is 9.69 Å². The van der Waals surface area contributed by atoms with Crippen LogP contribution >= 0.6 is 11.3 Å². The van der Waals surface area contributed by atoms with Gasteiger partial charge in [0.2, 0.25) is 0 Å². The van der Waals surface area contributed by atoms with Gasteiger partial charge in [-0.25, -0.2) is 0 Å². The van der Waals surface area contributed by atoms with Gasteiger partial charge in [0.15, 0.2) is 0 Å². The normalized spacial score (nSPS) is 17.2. The molecule has 5 heteroatoms. The van der Waals surface area contributed by atoms with Gasteiger partial charge in [0.05, 0.1) is 12.2 Å². The largest absolute Gasteiger partial charge is 0.395 e. The summed E-state index contributed by atoms with van der Waals surface area (Å²) in [4.78, 5) is 17.7. The summed E-state index contributed by atoms with van der Waals surface area (Å²) in [5.74, 6) is 0.153. The molecular formula is C13H20N2O2S. The van der Waals surface area contributed by atoms with E-state index in [-0.39, 0.29) is 12.5 Å². The van der Waals surface area contributed by atoms with Gasteiger partial charge >= 0.3 is 0 Å². The number of thiophene rings is 1. The highest BCUT2D eigenvalue weighted by atomic mass is 32.1. The first-order valence-electron chi connectivity index (χ1n) is 6.30. The molecule has 0 aliphatic carbocycles. The van der Waals surface area contributed by atoms with Gasteiger partial charge in [-0.2, -0.15) is 0 Å². The van der Waals surface area contributed by atoms with Crippen molar-refractivity contribution in [2.24, 2.45) is 0 Å². The summed E-state index contributed by atoms with van der Waals surface area (Å²) in [6, 6.07) is 0. The third kappa shape index (κ3) is 2.74. The molecule has 1 aromatic rings. The van der Waals surface area contributed by atoms with Crippen molar-refractivity contribution < 1.29 is 9.90 Å². The summed E-state index contributed by atoms with van der Waals surface area (Å²) in [6.07, 6.45) is 0. The Morgan fingerprint density at radius 1 is 1.33 bits per heavy atom. The predicted molar refractivity (Wildman–Crippen MR) is 73.2 cm³/mol. The third-order valence-corrected chi connectivity index (χ3v) is 4.61. The van der Waals surface area contributed by atoms with Gasteiger partial charge in [0, 0.05) is 43.0 Å². The highest BCUT2D eigenvalue weighted by molar-refractivity contribution is 7.10. The Labute approximate surface area is 112 Å². The Morgan fingerprint density at radius 3 is 2.50 bits per heavy atom. The van der Waals surface area contributed by atoms with E-state index in [4.69, 9.17) is 5.11 Å². The molecule has 1 N–H and O–H groups in total. The van der Waals surface area contributed by atoms with Crippen molar-refractivity contribution in [2.45, 2.75) is 13.8 Å². The van der Waals surface area contributed by atoms with Crippen LogP contribution in [0.4, 0.5) is 0 Å².